The van der Waals surface area contributed by atoms with Crippen LogP contribution in [0.5, 0.6) is 0 Å². The van der Waals surface area contributed by atoms with Gasteiger partial charge >= 0.3 is 6.18 Å². The number of benzene rings is 2. The van der Waals surface area contributed by atoms with Crippen LogP contribution in [0.4, 0.5) is 30.4 Å². The molecule has 0 spiro atoms. The van der Waals surface area contributed by atoms with Crippen LogP contribution in [0.2, 0.25) is 0 Å². The molecule has 12 heteroatoms. The summed E-state index contributed by atoms with van der Waals surface area (Å²) in [6.07, 6.45) is 0.412. The van der Waals surface area contributed by atoms with E-state index < -0.39 is 23.8 Å². The molecular formula is C30H30F3N7O2. The zero-order valence-electron chi connectivity index (χ0n) is 23.3. The van der Waals surface area contributed by atoms with Crippen molar-refractivity contribution in [3.05, 3.63) is 88.5 Å². The van der Waals surface area contributed by atoms with Crippen LogP contribution in [-0.4, -0.2) is 57.0 Å². The van der Waals surface area contributed by atoms with Crippen LogP contribution in [0.15, 0.2) is 54.9 Å². The lowest BCUT2D eigenvalue weighted by Gasteiger charge is -2.21. The Morgan fingerprint density at radius 2 is 1.88 bits per heavy atom. The minimum atomic E-state index is -4.60. The number of nitrogens with zero attached hydrogens (tertiary/aromatic N) is 5. The Morgan fingerprint density at radius 3 is 2.60 bits per heavy atom. The van der Waals surface area contributed by atoms with Crippen molar-refractivity contribution in [3.8, 4) is 5.82 Å². The van der Waals surface area contributed by atoms with Gasteiger partial charge in [-0.1, -0.05) is 12.1 Å². The number of hydrogen-bond acceptors (Lipinski definition) is 7. The molecule has 1 saturated heterocycles. The van der Waals surface area contributed by atoms with E-state index in [1.54, 1.807) is 40.9 Å². The summed E-state index contributed by atoms with van der Waals surface area (Å²) in [6, 6.07) is 12.2. The first-order valence-corrected chi connectivity index (χ1v) is 13.3. The first-order valence-electron chi connectivity index (χ1n) is 13.3. The molecule has 1 unspecified atom stereocenters. The predicted octanol–water partition coefficient (Wildman–Crippen LogP) is 5.33. The van der Waals surface area contributed by atoms with E-state index in [9.17, 15) is 23.1 Å². The van der Waals surface area contributed by atoms with Crippen molar-refractivity contribution in [1.82, 2.24) is 19.7 Å². The van der Waals surface area contributed by atoms with Gasteiger partial charge in [0.15, 0.2) is 5.82 Å². The van der Waals surface area contributed by atoms with Gasteiger partial charge < -0.3 is 20.6 Å². The lowest BCUT2D eigenvalue weighted by Crippen LogP contribution is -2.22. The van der Waals surface area contributed by atoms with Gasteiger partial charge in [0.25, 0.3) is 5.91 Å². The third kappa shape index (κ3) is 6.44. The molecule has 3 heterocycles. The van der Waals surface area contributed by atoms with E-state index in [1.165, 1.54) is 12.4 Å². The highest BCUT2D eigenvalue weighted by Crippen LogP contribution is 2.35. The summed E-state index contributed by atoms with van der Waals surface area (Å²) < 4.78 is 42.7. The fraction of sp³-hybridized carbons (Fsp3) is 0.267. The molecule has 4 aromatic rings. The fourth-order valence-electron chi connectivity index (χ4n) is 4.77. The summed E-state index contributed by atoms with van der Waals surface area (Å²) in [4.78, 5) is 23.3. The monoisotopic (exact) mass is 577 g/mol. The van der Waals surface area contributed by atoms with Crippen LogP contribution >= 0.6 is 0 Å². The van der Waals surface area contributed by atoms with Crippen LogP contribution in [0.1, 0.15) is 44.9 Å². The molecule has 0 bridgehead atoms. The van der Waals surface area contributed by atoms with E-state index in [-0.39, 0.29) is 17.8 Å². The van der Waals surface area contributed by atoms with Crippen LogP contribution in [-0.2, 0) is 6.18 Å². The second kappa shape index (κ2) is 11.6. The van der Waals surface area contributed by atoms with Crippen molar-refractivity contribution in [2.75, 3.05) is 35.7 Å². The Kier molecular flexibility index (Phi) is 7.99. The molecule has 5 rings (SSSR count). The molecule has 1 aliphatic rings. The lowest BCUT2D eigenvalue weighted by molar-refractivity contribution is -0.137. The molecule has 1 atom stereocenters. The van der Waals surface area contributed by atoms with Crippen molar-refractivity contribution in [2.24, 2.45) is 0 Å². The fourth-order valence-corrected chi connectivity index (χ4v) is 4.77. The molecule has 2 aromatic heterocycles. The Morgan fingerprint density at radius 1 is 1.07 bits per heavy atom. The summed E-state index contributed by atoms with van der Waals surface area (Å²) in [6.45, 7) is 4.43. The van der Waals surface area contributed by atoms with E-state index in [2.05, 4.69) is 25.7 Å². The molecule has 1 aliphatic heterocycles. The zero-order chi connectivity index (χ0) is 30.0. The molecule has 42 heavy (non-hydrogen) atoms. The molecule has 0 saturated carbocycles. The first-order chi connectivity index (χ1) is 20.0. The minimum absolute atomic E-state index is 0.0223. The Bertz CT molecular complexity index is 1650. The number of alkyl halides is 3. The van der Waals surface area contributed by atoms with Crippen molar-refractivity contribution in [2.45, 2.75) is 32.5 Å². The van der Waals surface area contributed by atoms with Crippen LogP contribution in [0.25, 0.3) is 18.0 Å². The third-order valence-electron chi connectivity index (χ3n) is 6.99. The second-order valence-corrected chi connectivity index (χ2v) is 10.1. The van der Waals surface area contributed by atoms with E-state index >= 15 is 0 Å². The number of aliphatic hydroxyl groups is 1. The number of nitrogens with one attached hydrogen (secondary N) is 2. The molecule has 0 radical (unpaired) electrons. The number of aromatic nitrogens is 4. The summed E-state index contributed by atoms with van der Waals surface area (Å²) >= 11 is 0. The molecule has 1 amide bonds. The number of halogens is 3. The average Bonchev–Trinajstić information content (AvgIpc) is 3.57. The van der Waals surface area contributed by atoms with Gasteiger partial charge in [-0.15, -0.1) is 0 Å². The van der Waals surface area contributed by atoms with Gasteiger partial charge in [-0.05, 0) is 73.9 Å². The molecule has 2 aromatic carbocycles. The molecular weight excluding hydrogens is 547 g/mol. The van der Waals surface area contributed by atoms with Crippen molar-refractivity contribution >= 4 is 35.3 Å². The summed E-state index contributed by atoms with van der Waals surface area (Å²) in [5.74, 6) is 0.678. The first kappa shape index (κ1) is 28.8. The summed E-state index contributed by atoms with van der Waals surface area (Å²) in [5.41, 5.74) is 2.92. The van der Waals surface area contributed by atoms with E-state index in [0.717, 1.165) is 34.6 Å². The van der Waals surface area contributed by atoms with Gasteiger partial charge in [-0.3, -0.25) is 4.79 Å². The van der Waals surface area contributed by atoms with Crippen molar-refractivity contribution in [1.29, 1.82) is 0 Å². The number of anilines is 3. The highest BCUT2D eigenvalue weighted by Gasteiger charge is 2.32. The van der Waals surface area contributed by atoms with Gasteiger partial charge in [0.05, 0.1) is 23.1 Å². The molecule has 0 aliphatic carbocycles. The number of amides is 1. The van der Waals surface area contributed by atoms with Crippen LogP contribution in [0, 0.1) is 13.8 Å². The number of hydrogen-bond donors (Lipinski definition) is 3. The van der Waals surface area contributed by atoms with Gasteiger partial charge in [-0.25, -0.2) is 14.6 Å². The maximum atomic E-state index is 13.7. The highest BCUT2D eigenvalue weighted by molar-refractivity contribution is 6.05. The largest absolute Gasteiger partial charge is 0.416 e. The van der Waals surface area contributed by atoms with E-state index in [1.807, 2.05) is 32.1 Å². The number of carbonyl (C=O) groups excluding carboxylic acids is 1. The molecule has 1 fully saturated rings. The van der Waals surface area contributed by atoms with E-state index in [4.69, 9.17) is 0 Å². The topological polar surface area (TPSA) is 108 Å². The van der Waals surface area contributed by atoms with Gasteiger partial charge in [0.1, 0.15) is 12.1 Å². The normalized spacial score (nSPS) is 15.4. The zero-order valence-corrected chi connectivity index (χ0v) is 23.3. The standard InChI is InChI=1S/C30H30F3N7O2/c1-18-4-5-21(11-20(18)6-7-24-10-19(2)38-40(24)28-15-27(34-3)35-17-36-28)29(42)37-23-12-22(30(31,32)33)13-25(14-23)39-9-8-26(41)16-39/h4-7,10-15,17,26,41H,8-9,16H2,1-3H3,(H,37,42)(H,34,35,36)/b7-6-. The number of β-amino-alcohol motifs (C(OH)–C–C–N with tert-alkyl or cyclic N) is 1. The van der Waals surface area contributed by atoms with Gasteiger partial charge in [0.2, 0.25) is 0 Å². The molecule has 3 N–H and O–H groups in total. The minimum Gasteiger partial charge on any atom is -0.391 e. The van der Waals surface area contributed by atoms with Gasteiger partial charge in [-0.2, -0.15) is 18.3 Å². The second-order valence-electron chi connectivity index (χ2n) is 10.1. The van der Waals surface area contributed by atoms with Gasteiger partial charge in [0, 0.05) is 43.1 Å². The predicted molar refractivity (Wildman–Crippen MR) is 156 cm³/mol. The quantitative estimate of drug-likeness (QED) is 0.272. The van der Waals surface area contributed by atoms with E-state index in [0.29, 0.717) is 30.3 Å². The number of aryl methyl sites for hydroxylation is 2. The van der Waals surface area contributed by atoms with Crippen molar-refractivity contribution < 1.29 is 23.1 Å². The number of rotatable bonds is 7. The Balaban J connectivity index is 1.40. The van der Waals surface area contributed by atoms with Crippen LogP contribution in [0.3, 0.4) is 0 Å². The highest BCUT2D eigenvalue weighted by atomic mass is 19.4. The maximum absolute atomic E-state index is 13.7. The smallest absolute Gasteiger partial charge is 0.391 e. The SMILES string of the molecule is CNc1cc(-n2nc(C)cc2/C=C\c2cc(C(=O)Nc3cc(N4CCC(O)C4)cc(C(F)(F)F)c3)ccc2C)ncn1. The number of carbonyl (C=O) groups is 1. The summed E-state index contributed by atoms with van der Waals surface area (Å²) in [5, 5.41) is 20.0. The third-order valence-corrected chi connectivity index (χ3v) is 6.99. The Hall–Kier alpha value is -4.71. The molecule has 9 nitrogen and oxygen atoms in total. The number of aliphatic hydroxyl groups excluding tert-OH is 1. The average molecular weight is 578 g/mol. The van der Waals surface area contributed by atoms with Crippen molar-refractivity contribution in [3.63, 3.8) is 0 Å². The lowest BCUT2D eigenvalue weighted by atomic mass is 10.0. The maximum Gasteiger partial charge on any atom is 0.416 e. The summed E-state index contributed by atoms with van der Waals surface area (Å²) in [7, 11) is 1.76. The van der Waals surface area contributed by atoms with Crippen LogP contribution < -0.4 is 15.5 Å². The molecule has 218 valence electrons. The Labute approximate surface area is 240 Å².